The van der Waals surface area contributed by atoms with Crippen molar-refractivity contribution in [1.82, 2.24) is 0 Å². The van der Waals surface area contributed by atoms with Crippen LogP contribution >= 0.6 is 11.6 Å². The molecule has 0 aromatic heterocycles. The molecule has 20 heavy (non-hydrogen) atoms. The quantitative estimate of drug-likeness (QED) is 0.273. The predicted molar refractivity (Wildman–Crippen MR) is 76.4 cm³/mol. The van der Waals surface area contributed by atoms with E-state index in [0.29, 0.717) is 11.4 Å². The number of nitrogens with one attached hydrogen (secondary N) is 1. The van der Waals surface area contributed by atoms with Gasteiger partial charge >= 0.3 is 5.97 Å². The highest BCUT2D eigenvalue weighted by Crippen LogP contribution is 2.14. The highest BCUT2D eigenvalue weighted by Gasteiger charge is 2.21. The summed E-state index contributed by atoms with van der Waals surface area (Å²) in [5, 5.41) is 3.76. The number of ether oxygens (including phenoxy) is 2. The minimum Gasteiger partial charge on any atom is -0.497 e. The van der Waals surface area contributed by atoms with Crippen molar-refractivity contribution in [1.29, 1.82) is 0 Å². The molecule has 7 heteroatoms. The number of ketones is 1. The number of methoxy groups -OCH3 is 1. The summed E-state index contributed by atoms with van der Waals surface area (Å²) in [6.45, 7) is 1.79. The molecule has 1 rings (SSSR count). The van der Waals surface area contributed by atoms with Crippen molar-refractivity contribution in [2.45, 2.75) is 6.92 Å². The molecule has 0 heterocycles. The van der Waals surface area contributed by atoms with Crippen molar-refractivity contribution >= 4 is 34.8 Å². The fourth-order valence-electron chi connectivity index (χ4n) is 1.27. The van der Waals surface area contributed by atoms with Crippen LogP contribution in [0.2, 0.25) is 0 Å². The maximum atomic E-state index is 11.6. The standard InChI is InChI=1S/C13H15ClN2O4/c1-3-20-13(18)12(11(17)8-14)16-15-9-4-6-10(19-2)7-5-9/h4-7,15H,3,8H2,1-2H3. The summed E-state index contributed by atoms with van der Waals surface area (Å²) in [6, 6.07) is 6.81. The van der Waals surface area contributed by atoms with Gasteiger partial charge in [-0.2, -0.15) is 5.10 Å². The number of halogens is 1. The van der Waals surface area contributed by atoms with Crippen LogP contribution in [0.4, 0.5) is 5.69 Å². The van der Waals surface area contributed by atoms with Crippen LogP contribution in [0.15, 0.2) is 29.4 Å². The van der Waals surface area contributed by atoms with E-state index in [1.807, 2.05) is 0 Å². The van der Waals surface area contributed by atoms with E-state index in [-0.39, 0.29) is 18.2 Å². The average molecular weight is 299 g/mol. The Morgan fingerprint density at radius 3 is 2.45 bits per heavy atom. The number of carbonyl (C=O) groups excluding carboxylic acids is 2. The number of hydrogen-bond acceptors (Lipinski definition) is 6. The van der Waals surface area contributed by atoms with E-state index < -0.39 is 11.8 Å². The van der Waals surface area contributed by atoms with E-state index in [2.05, 4.69) is 10.5 Å². The second-order valence-corrected chi connectivity index (χ2v) is 3.85. The summed E-state index contributed by atoms with van der Waals surface area (Å²) in [4.78, 5) is 23.1. The zero-order valence-electron chi connectivity index (χ0n) is 11.2. The molecule has 0 bridgehead atoms. The minimum atomic E-state index is -0.806. The molecule has 0 saturated heterocycles. The molecule has 1 aromatic rings. The van der Waals surface area contributed by atoms with Crippen molar-refractivity contribution in [3.05, 3.63) is 24.3 Å². The molecule has 0 radical (unpaired) electrons. The summed E-state index contributed by atoms with van der Waals surface area (Å²) in [5.41, 5.74) is 2.83. The van der Waals surface area contributed by atoms with E-state index in [1.54, 1.807) is 38.3 Å². The first-order valence-electron chi connectivity index (χ1n) is 5.86. The summed E-state index contributed by atoms with van der Waals surface area (Å²) in [7, 11) is 1.55. The monoisotopic (exact) mass is 298 g/mol. The molecule has 0 amide bonds. The van der Waals surface area contributed by atoms with Crippen molar-refractivity contribution in [3.8, 4) is 5.75 Å². The van der Waals surface area contributed by atoms with Crippen molar-refractivity contribution in [3.63, 3.8) is 0 Å². The third-order valence-electron chi connectivity index (χ3n) is 2.24. The molecule has 0 spiro atoms. The summed E-state index contributed by atoms with van der Waals surface area (Å²) in [5.74, 6) is -1.07. The largest absolute Gasteiger partial charge is 0.497 e. The molecular formula is C13H15ClN2O4. The Morgan fingerprint density at radius 1 is 1.30 bits per heavy atom. The molecule has 1 N–H and O–H groups in total. The number of Topliss-reactive ketones (excluding diaryl/α,β-unsaturated/α-hetero) is 1. The van der Waals surface area contributed by atoms with Crippen molar-refractivity contribution in [2.75, 3.05) is 25.0 Å². The van der Waals surface area contributed by atoms with Gasteiger partial charge in [-0.3, -0.25) is 10.2 Å². The molecule has 1 aromatic carbocycles. The number of esters is 1. The van der Waals surface area contributed by atoms with Crippen molar-refractivity contribution in [2.24, 2.45) is 5.10 Å². The number of hydrazone groups is 1. The number of hydrogen-bond donors (Lipinski definition) is 1. The van der Waals surface area contributed by atoms with Crippen LogP contribution in [0, 0.1) is 0 Å². The molecular weight excluding hydrogens is 284 g/mol. The molecule has 108 valence electrons. The van der Waals surface area contributed by atoms with Gasteiger partial charge in [0.05, 0.1) is 25.3 Å². The van der Waals surface area contributed by atoms with Gasteiger partial charge in [0.15, 0.2) is 0 Å². The molecule has 0 saturated carbocycles. The lowest BCUT2D eigenvalue weighted by molar-refractivity contribution is -0.135. The van der Waals surface area contributed by atoms with Gasteiger partial charge in [0.25, 0.3) is 0 Å². The number of anilines is 1. The Morgan fingerprint density at radius 2 is 1.95 bits per heavy atom. The second kappa shape index (κ2) is 8.16. The van der Waals surface area contributed by atoms with Gasteiger partial charge in [0.2, 0.25) is 11.5 Å². The lowest BCUT2D eigenvalue weighted by Crippen LogP contribution is -2.28. The van der Waals surface area contributed by atoms with Crippen molar-refractivity contribution < 1.29 is 19.1 Å². The Balaban J connectivity index is 2.84. The zero-order valence-corrected chi connectivity index (χ0v) is 11.9. The molecule has 6 nitrogen and oxygen atoms in total. The van der Waals surface area contributed by atoms with Crippen LogP contribution in [0.5, 0.6) is 5.75 Å². The van der Waals surface area contributed by atoms with Gasteiger partial charge in [0, 0.05) is 0 Å². The summed E-state index contributed by atoms with van der Waals surface area (Å²) in [6.07, 6.45) is 0. The van der Waals surface area contributed by atoms with E-state index in [4.69, 9.17) is 21.1 Å². The third-order valence-corrected chi connectivity index (χ3v) is 2.48. The first-order chi connectivity index (χ1) is 9.62. The van der Waals surface area contributed by atoms with E-state index in [1.165, 1.54) is 0 Å². The Bertz CT molecular complexity index is 500. The van der Waals surface area contributed by atoms with Gasteiger partial charge in [-0.05, 0) is 31.2 Å². The first-order valence-corrected chi connectivity index (χ1v) is 6.39. The maximum absolute atomic E-state index is 11.6. The SMILES string of the molecule is CCOC(=O)C(=NNc1ccc(OC)cc1)C(=O)CCl. The van der Waals surface area contributed by atoms with Crippen LogP contribution in [0.3, 0.4) is 0 Å². The van der Waals surface area contributed by atoms with Gasteiger partial charge in [-0.1, -0.05) is 0 Å². The van der Waals surface area contributed by atoms with Gasteiger partial charge in [0.1, 0.15) is 5.75 Å². The topological polar surface area (TPSA) is 77.0 Å². The first kappa shape index (κ1) is 16.0. The van der Waals surface area contributed by atoms with E-state index in [9.17, 15) is 9.59 Å². The Labute approximate surface area is 121 Å². The summed E-state index contributed by atoms with van der Waals surface area (Å²) < 4.78 is 9.75. The average Bonchev–Trinajstić information content (AvgIpc) is 2.48. The number of rotatable bonds is 7. The zero-order chi connectivity index (χ0) is 15.0. The molecule has 0 atom stereocenters. The molecule has 0 aliphatic carbocycles. The van der Waals surface area contributed by atoms with Gasteiger partial charge in [-0.15, -0.1) is 11.6 Å². The lowest BCUT2D eigenvalue weighted by atomic mass is 10.3. The molecule has 0 unspecified atom stereocenters. The normalized spacial score (nSPS) is 10.8. The molecule has 0 aliphatic rings. The highest BCUT2D eigenvalue weighted by atomic mass is 35.5. The van der Waals surface area contributed by atoms with Crippen LogP contribution in [0.1, 0.15) is 6.92 Å². The fourth-order valence-corrected chi connectivity index (χ4v) is 1.40. The smallest absolute Gasteiger partial charge is 0.362 e. The number of carbonyl (C=O) groups is 2. The highest BCUT2D eigenvalue weighted by molar-refractivity contribution is 6.67. The number of benzene rings is 1. The van der Waals surface area contributed by atoms with Crippen LogP contribution in [-0.2, 0) is 14.3 Å². The predicted octanol–water partition coefficient (Wildman–Crippen LogP) is 1.83. The maximum Gasteiger partial charge on any atom is 0.362 e. The molecule has 0 fully saturated rings. The number of nitrogens with zero attached hydrogens (tertiary/aromatic N) is 1. The third kappa shape index (κ3) is 4.55. The van der Waals surface area contributed by atoms with E-state index >= 15 is 0 Å². The fraction of sp³-hybridized carbons (Fsp3) is 0.308. The van der Waals surface area contributed by atoms with Crippen LogP contribution in [-0.4, -0.2) is 37.1 Å². The Hall–Kier alpha value is -2.08. The van der Waals surface area contributed by atoms with E-state index in [0.717, 1.165) is 0 Å². The Kier molecular flexibility index (Phi) is 6.52. The lowest BCUT2D eigenvalue weighted by Gasteiger charge is -2.06. The minimum absolute atomic E-state index is 0.149. The second-order valence-electron chi connectivity index (χ2n) is 3.58. The molecule has 0 aliphatic heterocycles. The van der Waals surface area contributed by atoms with Crippen LogP contribution < -0.4 is 10.2 Å². The summed E-state index contributed by atoms with van der Waals surface area (Å²) >= 11 is 5.43. The number of alkyl halides is 1. The van der Waals surface area contributed by atoms with Gasteiger partial charge in [-0.25, -0.2) is 4.79 Å². The van der Waals surface area contributed by atoms with Crippen LogP contribution in [0.25, 0.3) is 0 Å². The van der Waals surface area contributed by atoms with Gasteiger partial charge < -0.3 is 9.47 Å².